The first kappa shape index (κ1) is 12.8. The van der Waals surface area contributed by atoms with E-state index in [4.69, 9.17) is 10.5 Å². The van der Waals surface area contributed by atoms with Gasteiger partial charge in [0.25, 0.3) is 0 Å². The Morgan fingerprint density at radius 3 is 2.44 bits per heavy atom. The summed E-state index contributed by atoms with van der Waals surface area (Å²) in [6, 6.07) is 11.7. The van der Waals surface area contributed by atoms with Crippen molar-refractivity contribution in [1.29, 1.82) is 0 Å². The number of aryl methyl sites for hydroxylation is 1. The fourth-order valence-electron chi connectivity index (χ4n) is 1.68. The molecular weight excluding hydrogens is 292 g/mol. The van der Waals surface area contributed by atoms with E-state index in [-0.39, 0.29) is 0 Å². The van der Waals surface area contributed by atoms with Gasteiger partial charge in [-0.15, -0.1) is 0 Å². The van der Waals surface area contributed by atoms with Crippen molar-refractivity contribution in [3.05, 3.63) is 46.4 Å². The average molecular weight is 307 g/mol. The number of benzene rings is 2. The van der Waals surface area contributed by atoms with Crippen LogP contribution in [-0.2, 0) is 0 Å². The number of ether oxygens (including phenoxy) is 1. The van der Waals surface area contributed by atoms with E-state index < -0.39 is 0 Å². The maximum atomic E-state index is 5.78. The number of anilines is 3. The van der Waals surface area contributed by atoms with E-state index in [1.165, 1.54) is 5.56 Å². The molecule has 0 spiro atoms. The fourth-order valence-corrected chi connectivity index (χ4v) is 1.92. The first-order valence-corrected chi connectivity index (χ1v) is 6.36. The molecule has 0 aliphatic carbocycles. The van der Waals surface area contributed by atoms with Crippen molar-refractivity contribution in [3.8, 4) is 5.75 Å². The van der Waals surface area contributed by atoms with Crippen LogP contribution in [0.4, 0.5) is 17.1 Å². The Labute approximate surface area is 115 Å². The summed E-state index contributed by atoms with van der Waals surface area (Å²) in [4.78, 5) is 0. The number of hydrogen-bond acceptors (Lipinski definition) is 3. The molecule has 4 heteroatoms. The summed E-state index contributed by atoms with van der Waals surface area (Å²) in [5, 5.41) is 3.32. The number of nitrogens with one attached hydrogen (secondary N) is 1. The van der Waals surface area contributed by atoms with E-state index in [9.17, 15) is 0 Å². The molecule has 0 atom stereocenters. The van der Waals surface area contributed by atoms with E-state index in [2.05, 4.69) is 34.2 Å². The van der Waals surface area contributed by atoms with Crippen LogP contribution < -0.4 is 15.8 Å². The molecule has 94 valence electrons. The predicted molar refractivity (Wildman–Crippen MR) is 79.6 cm³/mol. The third-order valence-electron chi connectivity index (χ3n) is 2.68. The standard InChI is InChI=1S/C14H15BrN2O/c1-9-7-10(3-5-12(9)15)17-11-4-6-13(16)14(8-11)18-2/h3-8,17H,16H2,1-2H3. The molecule has 2 aromatic rings. The number of hydrogen-bond donors (Lipinski definition) is 2. The molecule has 18 heavy (non-hydrogen) atoms. The van der Waals surface area contributed by atoms with E-state index in [0.717, 1.165) is 15.8 Å². The summed E-state index contributed by atoms with van der Waals surface area (Å²) in [7, 11) is 1.61. The molecule has 0 amide bonds. The largest absolute Gasteiger partial charge is 0.495 e. The Hall–Kier alpha value is -1.68. The van der Waals surface area contributed by atoms with Crippen molar-refractivity contribution in [1.82, 2.24) is 0 Å². The zero-order chi connectivity index (χ0) is 13.1. The Morgan fingerprint density at radius 1 is 1.11 bits per heavy atom. The molecule has 3 N–H and O–H groups in total. The van der Waals surface area contributed by atoms with Gasteiger partial charge < -0.3 is 15.8 Å². The lowest BCUT2D eigenvalue weighted by Gasteiger charge is -2.11. The highest BCUT2D eigenvalue weighted by Gasteiger charge is 2.02. The first-order chi connectivity index (χ1) is 8.60. The molecule has 0 heterocycles. The van der Waals surface area contributed by atoms with Crippen LogP contribution in [0.25, 0.3) is 0 Å². The summed E-state index contributed by atoms with van der Waals surface area (Å²) >= 11 is 3.48. The predicted octanol–water partition coefficient (Wildman–Crippen LogP) is 4.09. The third-order valence-corrected chi connectivity index (χ3v) is 3.57. The molecule has 2 rings (SSSR count). The summed E-state index contributed by atoms with van der Waals surface area (Å²) in [5.41, 5.74) is 9.57. The second-order valence-corrected chi connectivity index (χ2v) is 4.90. The lowest BCUT2D eigenvalue weighted by molar-refractivity contribution is 0.417. The molecule has 3 nitrogen and oxygen atoms in total. The number of nitrogen functional groups attached to an aromatic ring is 1. The van der Waals surface area contributed by atoms with Crippen molar-refractivity contribution in [2.24, 2.45) is 0 Å². The number of halogens is 1. The topological polar surface area (TPSA) is 47.3 Å². The van der Waals surface area contributed by atoms with E-state index in [0.29, 0.717) is 11.4 Å². The van der Waals surface area contributed by atoms with Gasteiger partial charge in [0, 0.05) is 21.9 Å². The van der Waals surface area contributed by atoms with Crippen LogP contribution >= 0.6 is 15.9 Å². The monoisotopic (exact) mass is 306 g/mol. The van der Waals surface area contributed by atoms with E-state index >= 15 is 0 Å². The zero-order valence-corrected chi connectivity index (χ0v) is 11.9. The van der Waals surface area contributed by atoms with Crippen molar-refractivity contribution < 1.29 is 4.74 Å². The highest BCUT2D eigenvalue weighted by molar-refractivity contribution is 9.10. The minimum Gasteiger partial charge on any atom is -0.495 e. The Bertz CT molecular complexity index is 570. The van der Waals surface area contributed by atoms with Gasteiger partial charge in [0.05, 0.1) is 12.8 Å². The molecule has 0 radical (unpaired) electrons. The summed E-state index contributed by atoms with van der Waals surface area (Å²) < 4.78 is 6.29. The average Bonchev–Trinajstić information content (AvgIpc) is 2.36. The molecule has 0 aromatic heterocycles. The molecule has 0 fully saturated rings. The van der Waals surface area contributed by atoms with Gasteiger partial charge in [0.15, 0.2) is 0 Å². The van der Waals surface area contributed by atoms with Crippen molar-refractivity contribution >= 4 is 33.0 Å². The van der Waals surface area contributed by atoms with Crippen LogP contribution in [0.3, 0.4) is 0 Å². The second kappa shape index (κ2) is 5.31. The maximum Gasteiger partial charge on any atom is 0.143 e. The molecule has 0 saturated carbocycles. The molecule has 0 saturated heterocycles. The SMILES string of the molecule is COc1cc(Nc2ccc(Br)c(C)c2)ccc1N. The van der Waals surface area contributed by atoms with Crippen LogP contribution in [0.2, 0.25) is 0 Å². The molecule has 0 aliphatic rings. The molecule has 0 aliphatic heterocycles. The molecule has 0 unspecified atom stereocenters. The minimum absolute atomic E-state index is 0.634. The van der Waals surface area contributed by atoms with Gasteiger partial charge in [-0.1, -0.05) is 15.9 Å². The lowest BCUT2D eigenvalue weighted by atomic mass is 10.2. The maximum absolute atomic E-state index is 5.78. The van der Waals surface area contributed by atoms with Gasteiger partial charge in [0.1, 0.15) is 5.75 Å². The third kappa shape index (κ3) is 2.76. The Morgan fingerprint density at radius 2 is 1.78 bits per heavy atom. The van der Waals surface area contributed by atoms with Gasteiger partial charge in [0.2, 0.25) is 0 Å². The minimum atomic E-state index is 0.634. The highest BCUT2D eigenvalue weighted by Crippen LogP contribution is 2.28. The molecule has 0 bridgehead atoms. The second-order valence-electron chi connectivity index (χ2n) is 4.05. The Kier molecular flexibility index (Phi) is 3.77. The van der Waals surface area contributed by atoms with Crippen LogP contribution in [0.15, 0.2) is 40.9 Å². The Balaban J connectivity index is 2.25. The quantitative estimate of drug-likeness (QED) is 0.840. The van der Waals surface area contributed by atoms with E-state index in [1.807, 2.05) is 30.3 Å². The number of rotatable bonds is 3. The van der Waals surface area contributed by atoms with Crippen LogP contribution in [0.5, 0.6) is 5.75 Å². The molecular formula is C14H15BrN2O. The summed E-state index contributed by atoms with van der Waals surface area (Å²) in [5.74, 6) is 0.675. The normalized spacial score (nSPS) is 10.2. The van der Waals surface area contributed by atoms with Gasteiger partial charge in [-0.25, -0.2) is 0 Å². The fraction of sp³-hybridized carbons (Fsp3) is 0.143. The summed E-state index contributed by atoms with van der Waals surface area (Å²) in [6.45, 7) is 2.05. The van der Waals surface area contributed by atoms with Gasteiger partial charge in [-0.05, 0) is 42.8 Å². The summed E-state index contributed by atoms with van der Waals surface area (Å²) in [6.07, 6.45) is 0. The van der Waals surface area contributed by atoms with Crippen LogP contribution in [0, 0.1) is 6.92 Å². The van der Waals surface area contributed by atoms with Crippen molar-refractivity contribution in [2.45, 2.75) is 6.92 Å². The van der Waals surface area contributed by atoms with Crippen LogP contribution in [0.1, 0.15) is 5.56 Å². The first-order valence-electron chi connectivity index (χ1n) is 5.57. The highest BCUT2D eigenvalue weighted by atomic mass is 79.9. The number of nitrogens with two attached hydrogens (primary N) is 1. The number of methoxy groups -OCH3 is 1. The van der Waals surface area contributed by atoms with Gasteiger partial charge >= 0.3 is 0 Å². The van der Waals surface area contributed by atoms with Gasteiger partial charge in [-0.2, -0.15) is 0 Å². The van der Waals surface area contributed by atoms with Crippen LogP contribution in [-0.4, -0.2) is 7.11 Å². The lowest BCUT2D eigenvalue weighted by Crippen LogP contribution is -1.95. The van der Waals surface area contributed by atoms with Crippen molar-refractivity contribution in [2.75, 3.05) is 18.2 Å². The smallest absolute Gasteiger partial charge is 0.143 e. The molecule has 2 aromatic carbocycles. The van der Waals surface area contributed by atoms with E-state index in [1.54, 1.807) is 7.11 Å². The zero-order valence-electron chi connectivity index (χ0n) is 10.3. The van der Waals surface area contributed by atoms with Crippen molar-refractivity contribution in [3.63, 3.8) is 0 Å². The van der Waals surface area contributed by atoms with Gasteiger partial charge in [-0.3, -0.25) is 0 Å².